The highest BCUT2D eigenvalue weighted by Gasteiger charge is 2.14. The van der Waals surface area contributed by atoms with Crippen LogP contribution in [0, 0.1) is 0 Å². The van der Waals surface area contributed by atoms with Gasteiger partial charge in [-0.3, -0.25) is 9.78 Å². The molecule has 1 aromatic heterocycles. The normalized spacial score (nSPS) is 13.2. The van der Waals surface area contributed by atoms with Crippen molar-refractivity contribution in [3.63, 3.8) is 0 Å². The minimum Gasteiger partial charge on any atom is -0.409 e. The summed E-state index contributed by atoms with van der Waals surface area (Å²) in [5.41, 5.74) is 6.90. The number of para-hydroxylation sites is 2. The Balaban J connectivity index is 2.22. The Bertz CT molecular complexity index is 641. The Morgan fingerprint density at radius 2 is 2.11 bits per heavy atom. The van der Waals surface area contributed by atoms with Crippen molar-refractivity contribution in [2.45, 2.75) is 13.0 Å². The summed E-state index contributed by atoms with van der Waals surface area (Å²) >= 11 is 0. The Kier molecular flexibility index (Phi) is 3.56. The molecule has 1 unspecified atom stereocenters. The van der Waals surface area contributed by atoms with Gasteiger partial charge in [-0.1, -0.05) is 17.3 Å². The number of nitrogens with zero attached hydrogens (tertiary/aromatic N) is 3. The molecule has 0 fully saturated rings. The molecule has 98 valence electrons. The maximum atomic E-state index is 11.9. The van der Waals surface area contributed by atoms with Crippen LogP contribution in [0.15, 0.2) is 35.6 Å². The average Bonchev–Trinajstić information content (AvgIpc) is 2.45. The molecule has 0 radical (unpaired) electrons. The van der Waals surface area contributed by atoms with E-state index in [1.807, 2.05) is 18.2 Å². The van der Waals surface area contributed by atoms with Crippen molar-refractivity contribution < 1.29 is 10.0 Å². The molecular formula is C12H13N5O2. The topological polar surface area (TPSA) is 113 Å². The molecule has 0 spiro atoms. The average molecular weight is 259 g/mol. The summed E-state index contributed by atoms with van der Waals surface area (Å²) < 4.78 is 0. The molecule has 1 atom stereocenters. The maximum Gasteiger partial charge on any atom is 0.272 e. The van der Waals surface area contributed by atoms with Crippen LogP contribution in [0.5, 0.6) is 0 Å². The first-order chi connectivity index (χ1) is 9.11. The quantitative estimate of drug-likeness (QED) is 0.321. The molecule has 7 nitrogen and oxygen atoms in total. The molecule has 19 heavy (non-hydrogen) atoms. The van der Waals surface area contributed by atoms with Crippen molar-refractivity contribution in [2.75, 3.05) is 0 Å². The molecule has 0 aliphatic heterocycles. The van der Waals surface area contributed by atoms with Crippen molar-refractivity contribution in [3.8, 4) is 0 Å². The van der Waals surface area contributed by atoms with Crippen molar-refractivity contribution in [3.05, 3.63) is 36.2 Å². The Morgan fingerprint density at radius 1 is 1.42 bits per heavy atom. The monoisotopic (exact) mass is 259 g/mol. The number of fused-ring (bicyclic) bond motifs is 1. The van der Waals surface area contributed by atoms with E-state index in [-0.39, 0.29) is 11.5 Å². The molecule has 0 aliphatic carbocycles. The highest BCUT2D eigenvalue weighted by molar-refractivity contribution is 5.97. The highest BCUT2D eigenvalue weighted by Crippen LogP contribution is 2.08. The summed E-state index contributed by atoms with van der Waals surface area (Å²) in [6.07, 6.45) is 1.39. The number of nitrogens with two attached hydrogens (primary N) is 1. The van der Waals surface area contributed by atoms with Gasteiger partial charge >= 0.3 is 0 Å². The predicted octanol–water partition coefficient (Wildman–Crippen LogP) is 0.494. The molecule has 1 heterocycles. The highest BCUT2D eigenvalue weighted by atomic mass is 16.4. The Labute approximate surface area is 109 Å². The van der Waals surface area contributed by atoms with Crippen LogP contribution in [0.4, 0.5) is 0 Å². The van der Waals surface area contributed by atoms with Crippen LogP contribution >= 0.6 is 0 Å². The van der Waals surface area contributed by atoms with E-state index in [4.69, 9.17) is 10.9 Å². The largest absolute Gasteiger partial charge is 0.409 e. The lowest BCUT2D eigenvalue weighted by Crippen LogP contribution is -2.42. The number of benzene rings is 1. The molecule has 0 bridgehead atoms. The lowest BCUT2D eigenvalue weighted by Gasteiger charge is -2.11. The van der Waals surface area contributed by atoms with E-state index in [1.165, 1.54) is 6.20 Å². The second-order valence-corrected chi connectivity index (χ2v) is 3.96. The first-order valence-corrected chi connectivity index (χ1v) is 5.62. The number of rotatable bonds is 3. The second kappa shape index (κ2) is 5.30. The van der Waals surface area contributed by atoms with Gasteiger partial charge in [0.25, 0.3) is 5.91 Å². The summed E-state index contributed by atoms with van der Waals surface area (Å²) in [4.78, 5) is 20.2. The van der Waals surface area contributed by atoms with Gasteiger partial charge in [0.15, 0.2) is 5.84 Å². The van der Waals surface area contributed by atoms with Crippen molar-refractivity contribution in [1.82, 2.24) is 15.3 Å². The summed E-state index contributed by atoms with van der Waals surface area (Å²) in [5.74, 6) is -0.514. The number of aromatic nitrogens is 2. The summed E-state index contributed by atoms with van der Waals surface area (Å²) in [6.45, 7) is 1.60. The van der Waals surface area contributed by atoms with Crippen LogP contribution in [-0.2, 0) is 0 Å². The van der Waals surface area contributed by atoms with E-state index in [0.29, 0.717) is 11.0 Å². The number of oxime groups is 1. The van der Waals surface area contributed by atoms with Gasteiger partial charge in [0.1, 0.15) is 5.69 Å². The van der Waals surface area contributed by atoms with Crippen LogP contribution in [0.3, 0.4) is 0 Å². The number of carbonyl (C=O) groups excluding carboxylic acids is 1. The van der Waals surface area contributed by atoms with Crippen molar-refractivity contribution in [1.29, 1.82) is 0 Å². The zero-order chi connectivity index (χ0) is 13.8. The van der Waals surface area contributed by atoms with Crippen LogP contribution in [0.25, 0.3) is 11.0 Å². The van der Waals surface area contributed by atoms with Crippen LogP contribution in [0.2, 0.25) is 0 Å². The Morgan fingerprint density at radius 3 is 2.79 bits per heavy atom. The van der Waals surface area contributed by atoms with Crippen LogP contribution < -0.4 is 11.1 Å². The van der Waals surface area contributed by atoms with E-state index in [9.17, 15) is 4.79 Å². The van der Waals surface area contributed by atoms with Gasteiger partial charge in [-0.15, -0.1) is 0 Å². The zero-order valence-corrected chi connectivity index (χ0v) is 10.2. The van der Waals surface area contributed by atoms with Gasteiger partial charge in [0, 0.05) is 0 Å². The zero-order valence-electron chi connectivity index (χ0n) is 10.2. The smallest absolute Gasteiger partial charge is 0.272 e. The van der Waals surface area contributed by atoms with Gasteiger partial charge in [-0.2, -0.15) is 0 Å². The van der Waals surface area contributed by atoms with Gasteiger partial charge in [0.2, 0.25) is 0 Å². The van der Waals surface area contributed by atoms with E-state index in [2.05, 4.69) is 20.4 Å². The first-order valence-electron chi connectivity index (χ1n) is 5.62. The van der Waals surface area contributed by atoms with Crippen molar-refractivity contribution in [2.24, 2.45) is 10.9 Å². The van der Waals surface area contributed by atoms with Gasteiger partial charge in [-0.25, -0.2) is 4.98 Å². The van der Waals surface area contributed by atoms with Gasteiger partial charge in [0.05, 0.1) is 23.3 Å². The molecule has 1 amide bonds. The van der Waals surface area contributed by atoms with Crippen molar-refractivity contribution >= 4 is 22.8 Å². The predicted molar refractivity (Wildman–Crippen MR) is 69.9 cm³/mol. The molecule has 0 aliphatic rings. The number of nitrogens with one attached hydrogen (secondary N) is 1. The number of amides is 1. The molecule has 0 saturated heterocycles. The summed E-state index contributed by atoms with van der Waals surface area (Å²) in [5, 5.41) is 13.9. The standard InChI is InChI=1S/C12H13N5O2/c1-7(11(13)17-19)15-12(18)10-6-14-8-4-2-3-5-9(8)16-10/h2-7,19H,1H3,(H2,13,17)(H,15,18). The lowest BCUT2D eigenvalue weighted by atomic mass is 10.2. The van der Waals surface area contributed by atoms with Crippen LogP contribution in [0.1, 0.15) is 17.4 Å². The Hall–Kier alpha value is -2.70. The molecule has 4 N–H and O–H groups in total. The minimum atomic E-state index is -0.592. The second-order valence-electron chi connectivity index (χ2n) is 3.96. The molecule has 1 aromatic carbocycles. The molecule has 2 aromatic rings. The molecule has 0 saturated carbocycles. The number of amidine groups is 1. The molecule has 2 rings (SSSR count). The fourth-order valence-corrected chi connectivity index (χ4v) is 1.50. The van der Waals surface area contributed by atoms with E-state index >= 15 is 0 Å². The number of carbonyl (C=O) groups is 1. The van der Waals surface area contributed by atoms with Gasteiger partial charge < -0.3 is 16.3 Å². The first kappa shape index (κ1) is 12.7. The van der Waals surface area contributed by atoms with E-state index < -0.39 is 11.9 Å². The third-order valence-corrected chi connectivity index (χ3v) is 2.59. The van der Waals surface area contributed by atoms with E-state index in [0.717, 1.165) is 0 Å². The fourth-order valence-electron chi connectivity index (χ4n) is 1.50. The fraction of sp³-hybridized carbons (Fsp3) is 0.167. The maximum absolute atomic E-state index is 11.9. The SMILES string of the molecule is CC(NC(=O)c1cnc2ccccc2n1)/C(N)=N/O. The number of hydrogen-bond donors (Lipinski definition) is 3. The van der Waals surface area contributed by atoms with E-state index in [1.54, 1.807) is 13.0 Å². The van der Waals surface area contributed by atoms with Crippen LogP contribution in [-0.4, -0.2) is 33.0 Å². The summed E-state index contributed by atoms with van der Waals surface area (Å²) in [6, 6.07) is 6.65. The number of hydrogen-bond acceptors (Lipinski definition) is 5. The lowest BCUT2D eigenvalue weighted by molar-refractivity contribution is 0.0943. The minimum absolute atomic E-state index is 0.0814. The summed E-state index contributed by atoms with van der Waals surface area (Å²) in [7, 11) is 0. The molecular weight excluding hydrogens is 246 g/mol. The van der Waals surface area contributed by atoms with Gasteiger partial charge in [-0.05, 0) is 19.1 Å². The third-order valence-electron chi connectivity index (χ3n) is 2.59. The third kappa shape index (κ3) is 2.76. The molecule has 7 heteroatoms.